The Hall–Kier alpha value is -1.22. The summed E-state index contributed by atoms with van der Waals surface area (Å²) in [6.07, 6.45) is 2.60. The van der Waals surface area contributed by atoms with E-state index in [2.05, 4.69) is 42.4 Å². The van der Waals surface area contributed by atoms with Gasteiger partial charge in [0.15, 0.2) is 0 Å². The second-order valence-electron chi connectivity index (χ2n) is 5.13. The molecule has 0 saturated carbocycles. The first-order valence-electron chi connectivity index (χ1n) is 6.46. The maximum atomic E-state index is 5.58. The number of anilines is 2. The monoisotopic (exact) mass is 232 g/mol. The molecule has 17 heavy (non-hydrogen) atoms. The molecule has 0 aliphatic carbocycles. The van der Waals surface area contributed by atoms with Gasteiger partial charge in [-0.15, -0.1) is 0 Å². The largest absolute Gasteiger partial charge is 0.380 e. The molecular formula is C14H20N2O. The highest BCUT2D eigenvalue weighted by atomic mass is 16.5. The zero-order chi connectivity index (χ0) is 11.8. The molecule has 2 aliphatic heterocycles. The van der Waals surface area contributed by atoms with Gasteiger partial charge in [-0.3, -0.25) is 0 Å². The normalized spacial score (nSPS) is 27.3. The zero-order valence-corrected chi connectivity index (χ0v) is 10.6. The molecule has 0 spiro atoms. The molecule has 0 amide bonds. The van der Waals surface area contributed by atoms with Gasteiger partial charge in [-0.05, 0) is 43.5 Å². The highest BCUT2D eigenvalue weighted by Crippen LogP contribution is 2.30. The molecule has 3 heteroatoms. The van der Waals surface area contributed by atoms with Crippen molar-refractivity contribution in [3.63, 3.8) is 0 Å². The van der Waals surface area contributed by atoms with Crippen LogP contribution in [0.25, 0.3) is 0 Å². The van der Waals surface area contributed by atoms with Crippen molar-refractivity contribution < 1.29 is 4.74 Å². The van der Waals surface area contributed by atoms with Gasteiger partial charge in [0, 0.05) is 31.6 Å². The quantitative estimate of drug-likeness (QED) is 0.846. The minimum atomic E-state index is 0.325. The Kier molecular flexibility index (Phi) is 2.71. The van der Waals surface area contributed by atoms with Crippen LogP contribution in [0.5, 0.6) is 0 Å². The number of nitrogens with zero attached hydrogens (tertiary/aromatic N) is 1. The molecule has 92 valence electrons. The Morgan fingerprint density at radius 1 is 1.41 bits per heavy atom. The van der Waals surface area contributed by atoms with Gasteiger partial charge in [-0.25, -0.2) is 0 Å². The molecule has 3 nitrogen and oxygen atoms in total. The molecule has 2 atom stereocenters. The van der Waals surface area contributed by atoms with Crippen LogP contribution in [-0.4, -0.2) is 32.3 Å². The molecule has 2 unspecified atom stereocenters. The van der Waals surface area contributed by atoms with Crippen molar-refractivity contribution in [2.45, 2.75) is 31.9 Å². The Balaban J connectivity index is 1.76. The topological polar surface area (TPSA) is 24.5 Å². The van der Waals surface area contributed by atoms with Crippen LogP contribution >= 0.6 is 0 Å². The van der Waals surface area contributed by atoms with E-state index in [0.717, 1.165) is 26.0 Å². The van der Waals surface area contributed by atoms with Crippen LogP contribution in [0.4, 0.5) is 11.4 Å². The van der Waals surface area contributed by atoms with E-state index in [1.54, 1.807) is 0 Å². The highest BCUT2D eigenvalue weighted by Gasteiger charge is 2.24. The molecule has 0 radical (unpaired) electrons. The predicted octanol–water partition coefficient (Wildman–Crippen LogP) is 2.27. The first-order chi connectivity index (χ1) is 8.24. The van der Waals surface area contributed by atoms with Crippen LogP contribution in [0.15, 0.2) is 18.2 Å². The molecular weight excluding hydrogens is 212 g/mol. The third kappa shape index (κ3) is 2.00. The molecule has 2 heterocycles. The van der Waals surface area contributed by atoms with Crippen molar-refractivity contribution in [3.05, 3.63) is 23.8 Å². The summed E-state index contributed by atoms with van der Waals surface area (Å²) in [6, 6.07) is 7.17. The van der Waals surface area contributed by atoms with Crippen molar-refractivity contribution >= 4 is 11.4 Å². The lowest BCUT2D eigenvalue weighted by Gasteiger charge is -2.18. The first-order valence-corrected chi connectivity index (χ1v) is 6.46. The van der Waals surface area contributed by atoms with E-state index in [0.29, 0.717) is 12.1 Å². The van der Waals surface area contributed by atoms with E-state index < -0.39 is 0 Å². The van der Waals surface area contributed by atoms with Crippen LogP contribution in [0.3, 0.4) is 0 Å². The van der Waals surface area contributed by atoms with Crippen molar-refractivity contribution in [1.29, 1.82) is 0 Å². The molecule has 1 N–H and O–H groups in total. The summed E-state index contributed by atoms with van der Waals surface area (Å²) < 4.78 is 5.58. The van der Waals surface area contributed by atoms with Crippen LogP contribution in [0, 0.1) is 0 Å². The van der Waals surface area contributed by atoms with Gasteiger partial charge >= 0.3 is 0 Å². The van der Waals surface area contributed by atoms with E-state index in [4.69, 9.17) is 4.74 Å². The Labute approximate surface area is 103 Å². The smallest absolute Gasteiger partial charge is 0.0748 e. The minimum Gasteiger partial charge on any atom is -0.380 e. The standard InChI is InChI=1S/C14H20N2O/c1-10-13(6-8-17-10)15-12-3-4-14-11(9-12)5-7-16(14)2/h3-4,9-10,13,15H,5-8H2,1-2H3. The van der Waals surface area contributed by atoms with Gasteiger partial charge in [0.25, 0.3) is 0 Å². The van der Waals surface area contributed by atoms with Gasteiger partial charge in [0.05, 0.1) is 12.1 Å². The lowest BCUT2D eigenvalue weighted by Crippen LogP contribution is -2.26. The van der Waals surface area contributed by atoms with Crippen LogP contribution < -0.4 is 10.2 Å². The lowest BCUT2D eigenvalue weighted by molar-refractivity contribution is 0.121. The number of rotatable bonds is 2. The predicted molar refractivity (Wildman–Crippen MR) is 70.9 cm³/mol. The van der Waals surface area contributed by atoms with Crippen molar-refractivity contribution in [1.82, 2.24) is 0 Å². The summed E-state index contributed by atoms with van der Waals surface area (Å²) in [6.45, 7) is 4.17. The summed E-state index contributed by atoms with van der Waals surface area (Å²) in [5.41, 5.74) is 4.08. The average Bonchev–Trinajstić information content (AvgIpc) is 2.87. The summed E-state index contributed by atoms with van der Waals surface area (Å²) in [5.74, 6) is 0. The summed E-state index contributed by atoms with van der Waals surface area (Å²) in [5, 5.41) is 3.59. The lowest BCUT2D eigenvalue weighted by atomic mass is 10.1. The maximum absolute atomic E-state index is 5.58. The number of hydrogen-bond acceptors (Lipinski definition) is 3. The zero-order valence-electron chi connectivity index (χ0n) is 10.6. The SMILES string of the molecule is CC1OCCC1Nc1ccc2c(c1)CCN2C. The Morgan fingerprint density at radius 2 is 2.29 bits per heavy atom. The Bertz CT molecular complexity index is 419. The van der Waals surface area contributed by atoms with E-state index >= 15 is 0 Å². The summed E-state index contributed by atoms with van der Waals surface area (Å²) in [4.78, 5) is 2.32. The third-order valence-corrected chi connectivity index (χ3v) is 3.94. The Morgan fingerprint density at radius 3 is 3.06 bits per heavy atom. The molecule has 1 aromatic carbocycles. The highest BCUT2D eigenvalue weighted by molar-refractivity contribution is 5.63. The number of benzene rings is 1. The molecule has 2 aliphatic rings. The third-order valence-electron chi connectivity index (χ3n) is 3.94. The molecule has 1 saturated heterocycles. The van der Waals surface area contributed by atoms with Gasteiger partial charge in [0.2, 0.25) is 0 Å². The van der Waals surface area contributed by atoms with E-state index in [-0.39, 0.29) is 0 Å². The van der Waals surface area contributed by atoms with Crippen LogP contribution in [0.1, 0.15) is 18.9 Å². The first kappa shape index (κ1) is 10.9. The fraction of sp³-hybridized carbons (Fsp3) is 0.571. The molecule has 1 aromatic rings. The van der Waals surface area contributed by atoms with E-state index in [1.807, 2.05) is 0 Å². The van der Waals surface area contributed by atoms with Gasteiger partial charge in [-0.1, -0.05) is 0 Å². The van der Waals surface area contributed by atoms with Crippen molar-refractivity contribution in [3.8, 4) is 0 Å². The number of likely N-dealkylation sites (N-methyl/N-ethyl adjacent to an activating group) is 1. The minimum absolute atomic E-state index is 0.325. The van der Waals surface area contributed by atoms with Crippen molar-refractivity contribution in [2.75, 3.05) is 30.4 Å². The second-order valence-corrected chi connectivity index (χ2v) is 5.13. The molecule has 3 rings (SSSR count). The maximum Gasteiger partial charge on any atom is 0.0748 e. The molecule has 0 bridgehead atoms. The number of nitrogens with one attached hydrogen (secondary N) is 1. The number of fused-ring (bicyclic) bond motifs is 1. The van der Waals surface area contributed by atoms with E-state index in [9.17, 15) is 0 Å². The average molecular weight is 232 g/mol. The van der Waals surface area contributed by atoms with Crippen molar-refractivity contribution in [2.24, 2.45) is 0 Å². The van der Waals surface area contributed by atoms with Crippen LogP contribution in [-0.2, 0) is 11.2 Å². The van der Waals surface area contributed by atoms with Gasteiger partial charge in [0.1, 0.15) is 0 Å². The van der Waals surface area contributed by atoms with Gasteiger partial charge < -0.3 is 15.0 Å². The number of hydrogen-bond donors (Lipinski definition) is 1. The van der Waals surface area contributed by atoms with Gasteiger partial charge in [-0.2, -0.15) is 0 Å². The fourth-order valence-electron chi connectivity index (χ4n) is 2.79. The second kappa shape index (κ2) is 4.22. The number of ether oxygens (including phenoxy) is 1. The fourth-order valence-corrected chi connectivity index (χ4v) is 2.79. The van der Waals surface area contributed by atoms with E-state index in [1.165, 1.54) is 16.9 Å². The molecule has 0 aromatic heterocycles. The summed E-state index contributed by atoms with van der Waals surface area (Å²) in [7, 11) is 2.16. The summed E-state index contributed by atoms with van der Waals surface area (Å²) >= 11 is 0. The van der Waals surface area contributed by atoms with Crippen LogP contribution in [0.2, 0.25) is 0 Å². The molecule has 1 fully saturated rings.